The van der Waals surface area contributed by atoms with Crippen molar-refractivity contribution in [2.24, 2.45) is 17.8 Å². The van der Waals surface area contributed by atoms with Gasteiger partial charge in [-0.05, 0) is 43.0 Å². The lowest BCUT2D eigenvalue weighted by Gasteiger charge is -2.42. The summed E-state index contributed by atoms with van der Waals surface area (Å²) < 4.78 is 17.9. The molecule has 0 saturated carbocycles. The topological polar surface area (TPSA) is 65.1 Å². The summed E-state index contributed by atoms with van der Waals surface area (Å²) in [6, 6.07) is 9.58. The largest absolute Gasteiger partial charge is 0.447 e. The van der Waals surface area contributed by atoms with Crippen molar-refractivity contribution >= 4 is 20.3 Å². The number of hydrogen-bond donors (Lipinski definition) is 0. The average Bonchev–Trinajstić information content (AvgIpc) is 3.21. The van der Waals surface area contributed by atoms with Gasteiger partial charge in [-0.2, -0.15) is 0 Å². The van der Waals surface area contributed by atoms with Crippen LogP contribution in [0.15, 0.2) is 54.6 Å². The Morgan fingerprint density at radius 2 is 1.79 bits per heavy atom. The standard InChI is InChI=1S/C31H49NO5Si/c1-12-27(35-9)28(37-38(10,11)31(6,7)8)22(3)18-21(2)23(4)24(5)29(33)32-26(20-36-30(32)34)19-25-16-14-13-15-17-25/h12-18,22-24,26-28H,1,19-20H2,2-11H3/b21-18-/t22-,23?,24+,26-,27+,28+/m1/s1. The summed E-state index contributed by atoms with van der Waals surface area (Å²) >= 11 is 0. The van der Waals surface area contributed by atoms with Crippen molar-refractivity contribution in [1.82, 2.24) is 4.90 Å². The van der Waals surface area contributed by atoms with E-state index >= 15 is 0 Å². The van der Waals surface area contributed by atoms with Crippen LogP contribution in [0.3, 0.4) is 0 Å². The zero-order valence-electron chi connectivity index (χ0n) is 25.1. The maximum absolute atomic E-state index is 13.6. The second kappa shape index (κ2) is 13.2. The fourth-order valence-electron chi connectivity index (χ4n) is 4.61. The highest BCUT2D eigenvalue weighted by atomic mass is 28.4. The van der Waals surface area contributed by atoms with Gasteiger partial charge in [0.1, 0.15) is 12.7 Å². The lowest BCUT2D eigenvalue weighted by atomic mass is 9.85. The van der Waals surface area contributed by atoms with Gasteiger partial charge in [0.2, 0.25) is 5.91 Å². The number of rotatable bonds is 12. The number of imide groups is 1. The third-order valence-electron chi connectivity index (χ3n) is 8.48. The predicted molar refractivity (Wildman–Crippen MR) is 156 cm³/mol. The van der Waals surface area contributed by atoms with E-state index in [1.165, 1.54) is 4.90 Å². The average molecular weight is 544 g/mol. The van der Waals surface area contributed by atoms with Gasteiger partial charge in [0, 0.05) is 18.9 Å². The molecule has 0 radical (unpaired) electrons. The molecule has 1 heterocycles. The molecule has 6 atom stereocenters. The number of carbonyl (C=O) groups is 2. The molecule has 0 aromatic heterocycles. The van der Waals surface area contributed by atoms with Crippen molar-refractivity contribution in [2.75, 3.05) is 13.7 Å². The normalized spacial score (nSPS) is 20.9. The number of benzene rings is 1. The van der Waals surface area contributed by atoms with Gasteiger partial charge in [-0.15, -0.1) is 6.58 Å². The highest BCUT2D eigenvalue weighted by Gasteiger charge is 2.43. The number of allylic oxidation sites excluding steroid dienone is 1. The molecule has 2 rings (SSSR count). The Labute approximate surface area is 231 Å². The molecule has 1 aromatic carbocycles. The Morgan fingerprint density at radius 3 is 2.32 bits per heavy atom. The molecule has 6 nitrogen and oxygen atoms in total. The van der Waals surface area contributed by atoms with Gasteiger partial charge < -0.3 is 13.9 Å². The Kier molecular flexibility index (Phi) is 11.1. The maximum Gasteiger partial charge on any atom is 0.416 e. The Bertz CT molecular complexity index is 984. The summed E-state index contributed by atoms with van der Waals surface area (Å²) in [5, 5.41) is 0.0536. The van der Waals surface area contributed by atoms with Crippen molar-refractivity contribution in [1.29, 1.82) is 0 Å². The number of hydrogen-bond acceptors (Lipinski definition) is 5. The van der Waals surface area contributed by atoms with Crippen molar-refractivity contribution in [2.45, 2.75) is 91.3 Å². The smallest absolute Gasteiger partial charge is 0.416 e. The molecule has 212 valence electrons. The van der Waals surface area contributed by atoms with E-state index in [1.807, 2.05) is 51.1 Å². The Hall–Kier alpha value is -2.22. The summed E-state index contributed by atoms with van der Waals surface area (Å²) in [6.07, 6.45) is 3.56. The van der Waals surface area contributed by atoms with Crippen molar-refractivity contribution in [3.8, 4) is 0 Å². The molecule has 0 spiro atoms. The molecule has 0 aliphatic carbocycles. The molecule has 7 heteroatoms. The lowest BCUT2D eigenvalue weighted by molar-refractivity contribution is -0.134. The van der Waals surface area contributed by atoms with Crippen LogP contribution in [0, 0.1) is 17.8 Å². The summed E-state index contributed by atoms with van der Waals surface area (Å²) in [7, 11) is -0.396. The first-order valence-corrected chi connectivity index (χ1v) is 16.6. The first-order valence-electron chi connectivity index (χ1n) is 13.7. The SMILES string of the molecule is C=C[C@H](OC)[C@@H](O[Si](C)(C)C(C)(C)C)[C@H](C)/C=C(/C)C(C)[C@H](C)C(=O)N1C(=O)OC[C@H]1Cc1ccccc1. The zero-order chi connectivity index (χ0) is 28.8. The fourth-order valence-corrected chi connectivity index (χ4v) is 5.99. The summed E-state index contributed by atoms with van der Waals surface area (Å²) in [5.74, 6) is -0.635. The van der Waals surface area contributed by atoms with Gasteiger partial charge >= 0.3 is 6.09 Å². The second-order valence-corrected chi connectivity index (χ2v) is 17.0. The van der Waals surface area contributed by atoms with E-state index < -0.39 is 14.4 Å². The Morgan fingerprint density at radius 1 is 1.18 bits per heavy atom. The molecule has 0 N–H and O–H groups in total. The van der Waals surface area contributed by atoms with Crippen LogP contribution in [0.4, 0.5) is 4.79 Å². The van der Waals surface area contributed by atoms with Gasteiger partial charge in [-0.3, -0.25) is 4.79 Å². The van der Waals surface area contributed by atoms with Gasteiger partial charge in [-0.25, -0.2) is 9.69 Å². The van der Waals surface area contributed by atoms with Crippen molar-refractivity contribution in [3.63, 3.8) is 0 Å². The maximum atomic E-state index is 13.6. The minimum atomic E-state index is -2.08. The molecule has 1 saturated heterocycles. The first kappa shape index (κ1) is 32.0. The number of nitrogens with zero attached hydrogens (tertiary/aromatic N) is 1. The third-order valence-corrected chi connectivity index (χ3v) is 13.0. The molecule has 2 amide bonds. The summed E-state index contributed by atoms with van der Waals surface area (Å²) in [4.78, 5) is 27.5. The molecule has 1 unspecified atom stereocenters. The van der Waals surface area contributed by atoms with Crippen molar-refractivity contribution < 1.29 is 23.5 Å². The van der Waals surface area contributed by atoms with Gasteiger partial charge in [0.15, 0.2) is 8.32 Å². The van der Waals surface area contributed by atoms with E-state index in [4.69, 9.17) is 13.9 Å². The monoisotopic (exact) mass is 543 g/mol. The van der Waals surface area contributed by atoms with E-state index in [0.29, 0.717) is 6.42 Å². The lowest BCUT2D eigenvalue weighted by Crippen LogP contribution is -2.49. The summed E-state index contributed by atoms with van der Waals surface area (Å²) in [6.45, 7) is 23.5. The highest BCUT2D eigenvalue weighted by molar-refractivity contribution is 6.74. The molecule has 1 aromatic rings. The molecule has 1 fully saturated rings. The molecule has 1 aliphatic rings. The van der Waals surface area contributed by atoms with Crippen LogP contribution in [0.5, 0.6) is 0 Å². The van der Waals surface area contributed by atoms with E-state index in [-0.39, 0.29) is 53.6 Å². The molecule has 38 heavy (non-hydrogen) atoms. The molecular formula is C31H49NO5Si. The minimum Gasteiger partial charge on any atom is -0.447 e. The summed E-state index contributed by atoms with van der Waals surface area (Å²) in [5.41, 5.74) is 2.15. The van der Waals surface area contributed by atoms with E-state index in [9.17, 15) is 9.59 Å². The number of amides is 2. The van der Waals surface area contributed by atoms with Crippen LogP contribution in [0.2, 0.25) is 18.1 Å². The van der Waals surface area contributed by atoms with Gasteiger partial charge in [0.25, 0.3) is 0 Å². The highest BCUT2D eigenvalue weighted by Crippen LogP contribution is 2.39. The van der Waals surface area contributed by atoms with Gasteiger partial charge in [-0.1, -0.05) is 89.6 Å². The minimum absolute atomic E-state index is 0.0272. The van der Waals surface area contributed by atoms with Crippen LogP contribution < -0.4 is 0 Å². The van der Waals surface area contributed by atoms with Crippen LogP contribution in [-0.2, 0) is 25.1 Å². The molecule has 1 aliphatic heterocycles. The van der Waals surface area contributed by atoms with Crippen LogP contribution in [0.1, 0.15) is 54.0 Å². The number of ether oxygens (including phenoxy) is 2. The van der Waals surface area contributed by atoms with Crippen LogP contribution >= 0.6 is 0 Å². The van der Waals surface area contributed by atoms with E-state index in [0.717, 1.165) is 11.1 Å². The van der Waals surface area contributed by atoms with Crippen molar-refractivity contribution in [3.05, 3.63) is 60.2 Å². The molecular weight excluding hydrogens is 494 g/mol. The number of cyclic esters (lactones) is 1. The van der Waals surface area contributed by atoms with Crippen LogP contribution in [0.25, 0.3) is 0 Å². The third kappa shape index (κ3) is 7.67. The quantitative estimate of drug-likeness (QED) is 0.209. The zero-order valence-corrected chi connectivity index (χ0v) is 26.1. The first-order chi connectivity index (χ1) is 17.6. The number of methoxy groups -OCH3 is 1. The van der Waals surface area contributed by atoms with Crippen LogP contribution in [-0.4, -0.2) is 57.2 Å². The second-order valence-electron chi connectivity index (χ2n) is 12.3. The van der Waals surface area contributed by atoms with Gasteiger partial charge in [0.05, 0.1) is 12.1 Å². The Balaban J connectivity index is 2.22. The molecule has 0 bridgehead atoms. The van der Waals surface area contributed by atoms with E-state index in [1.54, 1.807) is 13.2 Å². The fraction of sp³-hybridized carbons (Fsp3) is 0.613. The predicted octanol–water partition coefficient (Wildman–Crippen LogP) is 7.02. The number of carbonyl (C=O) groups excluding carboxylic acids is 2. The van der Waals surface area contributed by atoms with E-state index in [2.05, 4.69) is 53.4 Å².